The van der Waals surface area contributed by atoms with Crippen LogP contribution in [0.5, 0.6) is 0 Å². The molecule has 0 unspecified atom stereocenters. The molecular formula is C19H15BrN4O2S. The maximum Gasteiger partial charge on any atom is 0.335 e. The first-order chi connectivity index (χ1) is 12.9. The van der Waals surface area contributed by atoms with E-state index in [-0.39, 0.29) is 5.56 Å². The van der Waals surface area contributed by atoms with Gasteiger partial charge in [-0.25, -0.2) is 14.5 Å². The van der Waals surface area contributed by atoms with E-state index in [0.29, 0.717) is 12.2 Å². The SMILES string of the molecule is Cc1cc(Cn2cc(-c3nc4ccc(C(=O)O)cc4s3)nn2)cc(C)c1Br. The van der Waals surface area contributed by atoms with E-state index in [1.807, 2.05) is 6.20 Å². The fourth-order valence-electron chi connectivity index (χ4n) is 2.95. The number of thiazole rings is 1. The zero-order valence-electron chi connectivity index (χ0n) is 14.6. The van der Waals surface area contributed by atoms with E-state index in [1.54, 1.807) is 22.9 Å². The summed E-state index contributed by atoms with van der Waals surface area (Å²) in [6, 6.07) is 9.17. The van der Waals surface area contributed by atoms with Crippen LogP contribution in [0.2, 0.25) is 0 Å². The molecule has 0 bridgehead atoms. The minimum atomic E-state index is -0.946. The van der Waals surface area contributed by atoms with Crippen LogP contribution in [0, 0.1) is 13.8 Å². The highest BCUT2D eigenvalue weighted by Crippen LogP contribution is 2.30. The van der Waals surface area contributed by atoms with Crippen molar-refractivity contribution < 1.29 is 9.90 Å². The molecule has 0 spiro atoms. The van der Waals surface area contributed by atoms with Crippen molar-refractivity contribution in [3.63, 3.8) is 0 Å². The van der Waals surface area contributed by atoms with E-state index in [1.165, 1.54) is 22.5 Å². The van der Waals surface area contributed by atoms with Crippen molar-refractivity contribution in [1.29, 1.82) is 0 Å². The van der Waals surface area contributed by atoms with Crippen LogP contribution in [0.15, 0.2) is 41.0 Å². The summed E-state index contributed by atoms with van der Waals surface area (Å²) in [7, 11) is 0. The van der Waals surface area contributed by atoms with E-state index in [4.69, 9.17) is 5.11 Å². The summed E-state index contributed by atoms with van der Waals surface area (Å²) in [6.07, 6.45) is 1.86. The van der Waals surface area contributed by atoms with Crippen molar-refractivity contribution in [2.45, 2.75) is 20.4 Å². The predicted molar refractivity (Wildman–Crippen MR) is 108 cm³/mol. The Hall–Kier alpha value is -2.58. The van der Waals surface area contributed by atoms with E-state index < -0.39 is 5.97 Å². The van der Waals surface area contributed by atoms with Gasteiger partial charge in [0.05, 0.1) is 28.5 Å². The minimum absolute atomic E-state index is 0.252. The predicted octanol–water partition coefficient (Wildman–Crippen LogP) is 4.68. The third-order valence-corrected chi connectivity index (χ3v) is 6.53. The van der Waals surface area contributed by atoms with Crippen molar-refractivity contribution in [3.05, 3.63) is 63.3 Å². The monoisotopic (exact) mass is 442 g/mol. The topological polar surface area (TPSA) is 80.9 Å². The van der Waals surface area contributed by atoms with E-state index in [0.717, 1.165) is 25.3 Å². The first-order valence-electron chi connectivity index (χ1n) is 8.21. The van der Waals surface area contributed by atoms with Gasteiger partial charge in [-0.3, -0.25) is 0 Å². The van der Waals surface area contributed by atoms with Crippen LogP contribution in [0.25, 0.3) is 20.9 Å². The molecule has 0 aliphatic rings. The Labute approximate surface area is 167 Å². The molecule has 136 valence electrons. The standard InChI is InChI=1S/C19H15BrN4O2S/c1-10-5-12(6-11(2)17(10)20)8-24-9-15(22-23-24)18-21-14-4-3-13(19(25)26)7-16(14)27-18/h3-7,9H,8H2,1-2H3,(H,25,26). The van der Waals surface area contributed by atoms with Gasteiger partial charge in [0.25, 0.3) is 0 Å². The number of halogens is 1. The zero-order valence-corrected chi connectivity index (χ0v) is 17.0. The van der Waals surface area contributed by atoms with Crippen LogP contribution in [-0.2, 0) is 6.54 Å². The molecule has 0 aliphatic carbocycles. The van der Waals surface area contributed by atoms with Gasteiger partial charge in [0.1, 0.15) is 10.7 Å². The first-order valence-corrected chi connectivity index (χ1v) is 9.81. The number of rotatable bonds is 4. The fraction of sp³-hybridized carbons (Fsp3) is 0.158. The quantitative estimate of drug-likeness (QED) is 0.496. The van der Waals surface area contributed by atoms with Crippen molar-refractivity contribution in [1.82, 2.24) is 20.0 Å². The summed E-state index contributed by atoms with van der Waals surface area (Å²) < 4.78 is 3.73. The second kappa shape index (κ2) is 6.86. The highest BCUT2D eigenvalue weighted by atomic mass is 79.9. The Kier molecular flexibility index (Phi) is 4.53. The van der Waals surface area contributed by atoms with Crippen molar-refractivity contribution in [2.75, 3.05) is 0 Å². The van der Waals surface area contributed by atoms with Gasteiger partial charge in [-0.1, -0.05) is 33.3 Å². The van der Waals surface area contributed by atoms with E-state index >= 15 is 0 Å². The van der Waals surface area contributed by atoms with Crippen LogP contribution in [0.3, 0.4) is 0 Å². The number of nitrogens with zero attached hydrogens (tertiary/aromatic N) is 4. The number of aryl methyl sites for hydroxylation is 2. The Morgan fingerprint density at radius 1 is 1.22 bits per heavy atom. The summed E-state index contributed by atoms with van der Waals surface area (Å²) >= 11 is 5.00. The third-order valence-electron chi connectivity index (χ3n) is 4.23. The molecule has 0 amide bonds. The van der Waals surface area contributed by atoms with Gasteiger partial charge in [-0.2, -0.15) is 0 Å². The first kappa shape index (κ1) is 17.8. The molecule has 2 aromatic carbocycles. The van der Waals surface area contributed by atoms with Crippen LogP contribution < -0.4 is 0 Å². The lowest BCUT2D eigenvalue weighted by Gasteiger charge is -2.07. The van der Waals surface area contributed by atoms with Gasteiger partial charge in [0, 0.05) is 4.47 Å². The Bertz CT molecular complexity index is 1160. The average Bonchev–Trinajstić information content (AvgIpc) is 3.25. The summed E-state index contributed by atoms with van der Waals surface area (Å²) in [6.45, 7) is 4.76. The Morgan fingerprint density at radius 2 is 1.96 bits per heavy atom. The number of hydrogen-bond acceptors (Lipinski definition) is 5. The number of carboxylic acid groups (broad SMARTS) is 1. The highest BCUT2D eigenvalue weighted by Gasteiger charge is 2.13. The maximum atomic E-state index is 11.1. The zero-order chi connectivity index (χ0) is 19.1. The normalized spacial score (nSPS) is 11.2. The highest BCUT2D eigenvalue weighted by molar-refractivity contribution is 9.10. The number of aromatic nitrogens is 4. The molecule has 6 nitrogen and oxygen atoms in total. The van der Waals surface area contributed by atoms with Gasteiger partial charge >= 0.3 is 5.97 Å². The summed E-state index contributed by atoms with van der Waals surface area (Å²) in [5.41, 5.74) is 5.21. The van der Waals surface area contributed by atoms with Gasteiger partial charge in [-0.05, 0) is 48.7 Å². The Morgan fingerprint density at radius 3 is 2.67 bits per heavy atom. The molecule has 2 aromatic heterocycles. The molecule has 4 rings (SSSR count). The second-order valence-electron chi connectivity index (χ2n) is 6.35. The van der Waals surface area contributed by atoms with Crippen molar-refractivity contribution in [2.24, 2.45) is 0 Å². The summed E-state index contributed by atoms with van der Waals surface area (Å²) in [5.74, 6) is -0.946. The summed E-state index contributed by atoms with van der Waals surface area (Å²) in [4.78, 5) is 15.7. The molecule has 0 radical (unpaired) electrons. The van der Waals surface area contributed by atoms with Gasteiger partial charge in [0.15, 0.2) is 0 Å². The van der Waals surface area contributed by atoms with Crippen LogP contribution in [0.1, 0.15) is 27.0 Å². The molecule has 4 aromatic rings. The van der Waals surface area contributed by atoms with Gasteiger partial charge in [-0.15, -0.1) is 16.4 Å². The van der Waals surface area contributed by atoms with Crippen LogP contribution in [0.4, 0.5) is 0 Å². The van der Waals surface area contributed by atoms with Crippen LogP contribution >= 0.6 is 27.3 Å². The largest absolute Gasteiger partial charge is 0.478 e. The smallest absolute Gasteiger partial charge is 0.335 e. The average molecular weight is 443 g/mol. The molecule has 0 fully saturated rings. The lowest BCUT2D eigenvalue weighted by molar-refractivity contribution is 0.0697. The number of fused-ring (bicyclic) bond motifs is 1. The molecule has 2 heterocycles. The lowest BCUT2D eigenvalue weighted by Crippen LogP contribution is -2.01. The van der Waals surface area contributed by atoms with E-state index in [9.17, 15) is 4.79 Å². The molecule has 27 heavy (non-hydrogen) atoms. The molecular weight excluding hydrogens is 428 g/mol. The molecule has 0 saturated heterocycles. The molecule has 0 saturated carbocycles. The van der Waals surface area contributed by atoms with Gasteiger partial charge < -0.3 is 5.11 Å². The third kappa shape index (κ3) is 3.50. The molecule has 0 aliphatic heterocycles. The number of aromatic carboxylic acids is 1. The molecule has 1 N–H and O–H groups in total. The second-order valence-corrected chi connectivity index (χ2v) is 8.18. The van der Waals surface area contributed by atoms with Gasteiger partial charge in [0.2, 0.25) is 0 Å². The lowest BCUT2D eigenvalue weighted by atomic mass is 10.1. The fourth-order valence-corrected chi connectivity index (χ4v) is 4.14. The number of carboxylic acids is 1. The number of carbonyl (C=O) groups is 1. The molecule has 0 atom stereocenters. The number of benzene rings is 2. The van der Waals surface area contributed by atoms with E-state index in [2.05, 4.69) is 57.2 Å². The van der Waals surface area contributed by atoms with Crippen molar-refractivity contribution >= 4 is 43.5 Å². The number of hydrogen-bond donors (Lipinski definition) is 1. The molecule has 8 heteroatoms. The maximum absolute atomic E-state index is 11.1. The van der Waals surface area contributed by atoms with Crippen LogP contribution in [-0.4, -0.2) is 31.1 Å². The van der Waals surface area contributed by atoms with Crippen molar-refractivity contribution in [3.8, 4) is 10.7 Å². The summed E-state index contributed by atoms with van der Waals surface area (Å²) in [5, 5.41) is 18.3. The minimum Gasteiger partial charge on any atom is -0.478 e. The Balaban J connectivity index is 1.62.